The lowest BCUT2D eigenvalue weighted by atomic mass is 9.91. The van der Waals surface area contributed by atoms with E-state index in [0.717, 1.165) is 18.4 Å². The molecule has 2 rings (SSSR count). The van der Waals surface area contributed by atoms with Crippen LogP contribution in [0.2, 0.25) is 0 Å². The van der Waals surface area contributed by atoms with E-state index in [0.29, 0.717) is 18.4 Å². The molecule has 1 aromatic carbocycles. The van der Waals surface area contributed by atoms with Gasteiger partial charge in [0.25, 0.3) is 0 Å². The molecule has 146 valence electrons. The van der Waals surface area contributed by atoms with Gasteiger partial charge >= 0.3 is 0 Å². The third-order valence-corrected chi connectivity index (χ3v) is 6.90. The molecule has 1 heterocycles. The third kappa shape index (κ3) is 5.55. The SMILES string of the molecule is CC(C)C(NC(=O)[C@@H]1CCCN(S(=O)(=O)Cc2ccccc2)C1)C(C)C. The van der Waals surface area contributed by atoms with Crippen molar-refractivity contribution in [3.05, 3.63) is 35.9 Å². The second-order valence-corrected chi connectivity index (χ2v) is 9.93. The Kier molecular flexibility index (Phi) is 7.24. The second-order valence-electron chi connectivity index (χ2n) is 7.96. The molecule has 5 nitrogen and oxygen atoms in total. The fourth-order valence-electron chi connectivity index (χ4n) is 3.67. The van der Waals surface area contributed by atoms with E-state index in [9.17, 15) is 13.2 Å². The molecule has 1 N–H and O–H groups in total. The molecular formula is C20H32N2O3S. The van der Waals surface area contributed by atoms with Crippen molar-refractivity contribution in [2.75, 3.05) is 13.1 Å². The molecule has 0 radical (unpaired) electrons. The number of carbonyl (C=O) groups is 1. The summed E-state index contributed by atoms with van der Waals surface area (Å²) in [6.45, 7) is 9.18. The molecule has 0 unspecified atom stereocenters. The summed E-state index contributed by atoms with van der Waals surface area (Å²) in [4.78, 5) is 12.7. The highest BCUT2D eigenvalue weighted by Gasteiger charge is 2.33. The van der Waals surface area contributed by atoms with E-state index in [-0.39, 0.29) is 30.2 Å². The number of rotatable bonds is 7. The summed E-state index contributed by atoms with van der Waals surface area (Å²) in [6, 6.07) is 9.31. The van der Waals surface area contributed by atoms with Crippen molar-refractivity contribution >= 4 is 15.9 Å². The molecule has 6 heteroatoms. The van der Waals surface area contributed by atoms with Crippen LogP contribution in [0, 0.1) is 17.8 Å². The van der Waals surface area contributed by atoms with Gasteiger partial charge in [0.2, 0.25) is 15.9 Å². The van der Waals surface area contributed by atoms with Crippen molar-refractivity contribution in [1.82, 2.24) is 9.62 Å². The predicted molar refractivity (Wildman–Crippen MR) is 105 cm³/mol. The van der Waals surface area contributed by atoms with Gasteiger partial charge in [-0.05, 0) is 30.2 Å². The molecule has 1 aromatic rings. The summed E-state index contributed by atoms with van der Waals surface area (Å²) in [5.41, 5.74) is 0.777. The van der Waals surface area contributed by atoms with Gasteiger partial charge in [0, 0.05) is 19.1 Å². The molecular weight excluding hydrogens is 348 g/mol. The average molecular weight is 381 g/mol. The second kappa shape index (κ2) is 9.00. The Morgan fingerprint density at radius 3 is 2.35 bits per heavy atom. The number of amides is 1. The normalized spacial score (nSPS) is 19.3. The van der Waals surface area contributed by atoms with E-state index >= 15 is 0 Å². The predicted octanol–water partition coefficient (Wildman–Crippen LogP) is 3.03. The molecule has 0 aliphatic carbocycles. The Bertz CT molecular complexity index is 678. The van der Waals surface area contributed by atoms with E-state index in [4.69, 9.17) is 0 Å². The summed E-state index contributed by atoms with van der Waals surface area (Å²) >= 11 is 0. The molecule has 0 spiro atoms. The van der Waals surface area contributed by atoms with Gasteiger partial charge in [-0.1, -0.05) is 58.0 Å². The van der Waals surface area contributed by atoms with Gasteiger partial charge in [-0.3, -0.25) is 4.79 Å². The molecule has 0 aromatic heterocycles. The number of piperidine rings is 1. The first-order valence-corrected chi connectivity index (χ1v) is 11.1. The van der Waals surface area contributed by atoms with Gasteiger partial charge in [-0.2, -0.15) is 0 Å². The van der Waals surface area contributed by atoms with Crippen LogP contribution in [0.4, 0.5) is 0 Å². The maximum atomic E-state index is 12.8. The quantitative estimate of drug-likeness (QED) is 0.791. The maximum absolute atomic E-state index is 12.8. The standard InChI is InChI=1S/C20H32N2O3S/c1-15(2)19(16(3)4)21-20(23)18-11-8-12-22(13-18)26(24,25)14-17-9-6-5-7-10-17/h5-7,9-10,15-16,18-19H,8,11-14H2,1-4H3,(H,21,23)/t18-/m1/s1. The van der Waals surface area contributed by atoms with Crippen molar-refractivity contribution < 1.29 is 13.2 Å². The number of sulfonamides is 1. The minimum Gasteiger partial charge on any atom is -0.353 e. The van der Waals surface area contributed by atoms with Gasteiger partial charge in [-0.15, -0.1) is 0 Å². The van der Waals surface area contributed by atoms with Crippen molar-refractivity contribution in [3.8, 4) is 0 Å². The lowest BCUT2D eigenvalue weighted by molar-refractivity contribution is -0.127. The Morgan fingerprint density at radius 2 is 1.77 bits per heavy atom. The smallest absolute Gasteiger partial charge is 0.224 e. The van der Waals surface area contributed by atoms with Crippen molar-refractivity contribution in [1.29, 1.82) is 0 Å². The number of nitrogens with zero attached hydrogens (tertiary/aromatic N) is 1. The fraction of sp³-hybridized carbons (Fsp3) is 0.650. The Morgan fingerprint density at radius 1 is 1.15 bits per heavy atom. The highest BCUT2D eigenvalue weighted by Crippen LogP contribution is 2.23. The summed E-state index contributed by atoms with van der Waals surface area (Å²) < 4.78 is 27.0. The first kappa shape index (κ1) is 20.9. The molecule has 1 aliphatic rings. The van der Waals surface area contributed by atoms with Gasteiger partial charge in [-0.25, -0.2) is 12.7 Å². The molecule has 1 atom stereocenters. The molecule has 26 heavy (non-hydrogen) atoms. The van der Waals surface area contributed by atoms with Crippen LogP contribution >= 0.6 is 0 Å². The van der Waals surface area contributed by atoms with Crippen LogP contribution in [0.5, 0.6) is 0 Å². The number of nitrogens with one attached hydrogen (secondary N) is 1. The van der Waals surface area contributed by atoms with E-state index in [2.05, 4.69) is 33.0 Å². The highest BCUT2D eigenvalue weighted by atomic mass is 32.2. The zero-order chi connectivity index (χ0) is 19.3. The molecule has 1 fully saturated rings. The number of hydrogen-bond donors (Lipinski definition) is 1. The Labute approximate surface area is 158 Å². The van der Waals surface area contributed by atoms with E-state index < -0.39 is 10.0 Å². The van der Waals surface area contributed by atoms with Crippen LogP contribution in [0.25, 0.3) is 0 Å². The fourth-order valence-corrected chi connectivity index (χ4v) is 5.28. The summed E-state index contributed by atoms with van der Waals surface area (Å²) in [7, 11) is -3.41. The van der Waals surface area contributed by atoms with Gasteiger partial charge < -0.3 is 5.32 Å². The Hall–Kier alpha value is -1.40. The largest absolute Gasteiger partial charge is 0.353 e. The van der Waals surface area contributed by atoms with Crippen molar-refractivity contribution in [3.63, 3.8) is 0 Å². The molecule has 1 saturated heterocycles. The van der Waals surface area contributed by atoms with E-state index in [1.54, 1.807) is 0 Å². The van der Waals surface area contributed by atoms with Gasteiger partial charge in [0.15, 0.2) is 0 Å². The highest BCUT2D eigenvalue weighted by molar-refractivity contribution is 7.88. The number of benzene rings is 1. The summed E-state index contributed by atoms with van der Waals surface area (Å²) in [5, 5.41) is 3.15. The lowest BCUT2D eigenvalue weighted by Gasteiger charge is -2.33. The van der Waals surface area contributed by atoms with E-state index in [1.807, 2.05) is 30.3 Å². The number of hydrogen-bond acceptors (Lipinski definition) is 3. The minimum absolute atomic E-state index is 0.0111. The third-order valence-electron chi connectivity index (χ3n) is 5.09. The molecule has 0 saturated carbocycles. The monoisotopic (exact) mass is 380 g/mol. The molecule has 1 amide bonds. The first-order valence-electron chi connectivity index (χ1n) is 9.53. The van der Waals surface area contributed by atoms with Crippen LogP contribution in [0.15, 0.2) is 30.3 Å². The Balaban J connectivity index is 2.02. The molecule has 1 aliphatic heterocycles. The lowest BCUT2D eigenvalue weighted by Crippen LogP contribution is -2.50. The van der Waals surface area contributed by atoms with Crippen molar-refractivity contribution in [2.24, 2.45) is 17.8 Å². The van der Waals surface area contributed by atoms with Gasteiger partial charge in [0.1, 0.15) is 0 Å². The zero-order valence-corrected chi connectivity index (χ0v) is 17.1. The maximum Gasteiger partial charge on any atom is 0.224 e. The molecule has 0 bridgehead atoms. The minimum atomic E-state index is -3.41. The van der Waals surface area contributed by atoms with E-state index in [1.165, 1.54) is 4.31 Å². The van der Waals surface area contributed by atoms with Crippen LogP contribution in [0.3, 0.4) is 0 Å². The topological polar surface area (TPSA) is 66.5 Å². The average Bonchev–Trinajstić information content (AvgIpc) is 2.59. The first-order chi connectivity index (χ1) is 12.2. The number of carbonyl (C=O) groups excluding carboxylic acids is 1. The van der Waals surface area contributed by atoms with Crippen LogP contribution in [-0.2, 0) is 20.6 Å². The van der Waals surface area contributed by atoms with Crippen LogP contribution < -0.4 is 5.32 Å². The summed E-state index contributed by atoms with van der Waals surface area (Å²) in [5.74, 6) is 0.398. The van der Waals surface area contributed by atoms with Gasteiger partial charge in [0.05, 0.1) is 11.7 Å². The zero-order valence-electron chi connectivity index (χ0n) is 16.3. The summed E-state index contributed by atoms with van der Waals surface area (Å²) in [6.07, 6.45) is 1.46. The van der Waals surface area contributed by atoms with Crippen molar-refractivity contribution in [2.45, 2.75) is 52.3 Å². The van der Waals surface area contributed by atoms with Crippen LogP contribution in [-0.4, -0.2) is 37.8 Å². The van der Waals surface area contributed by atoms with Crippen LogP contribution in [0.1, 0.15) is 46.1 Å².